The molecular formula is C24H23F3N4O3. The molecule has 0 bridgehead atoms. The van der Waals surface area contributed by atoms with Crippen LogP contribution < -0.4 is 20.1 Å². The molecule has 0 unspecified atom stereocenters. The van der Waals surface area contributed by atoms with E-state index in [1.807, 2.05) is 31.2 Å². The van der Waals surface area contributed by atoms with Gasteiger partial charge in [-0.1, -0.05) is 37.3 Å². The molecule has 0 saturated heterocycles. The van der Waals surface area contributed by atoms with E-state index in [1.54, 1.807) is 18.2 Å². The minimum absolute atomic E-state index is 0.0568. The Morgan fingerprint density at radius 2 is 1.88 bits per heavy atom. The zero-order chi connectivity index (χ0) is 23.9. The first-order chi connectivity index (χ1) is 16.3. The maximum Gasteiger partial charge on any atom is 0.410 e. The summed E-state index contributed by atoms with van der Waals surface area (Å²) < 4.78 is 53.2. The zero-order valence-electron chi connectivity index (χ0n) is 18.4. The quantitative estimate of drug-likeness (QED) is 0.560. The Morgan fingerprint density at radius 1 is 1.15 bits per heavy atom. The summed E-state index contributed by atoms with van der Waals surface area (Å²) in [5.74, 6) is 0.748. The van der Waals surface area contributed by atoms with Gasteiger partial charge in [0.2, 0.25) is 6.79 Å². The molecule has 178 valence electrons. The van der Waals surface area contributed by atoms with E-state index >= 15 is 0 Å². The number of halogens is 3. The fourth-order valence-corrected chi connectivity index (χ4v) is 4.26. The van der Waals surface area contributed by atoms with E-state index in [4.69, 9.17) is 9.47 Å². The van der Waals surface area contributed by atoms with E-state index < -0.39 is 24.2 Å². The maximum atomic E-state index is 13.9. The molecule has 0 aliphatic carbocycles. The molecule has 5 rings (SSSR count). The van der Waals surface area contributed by atoms with Crippen molar-refractivity contribution < 1.29 is 27.4 Å². The molecular weight excluding hydrogens is 449 g/mol. The largest absolute Gasteiger partial charge is 0.454 e. The number of hydrogen-bond donors (Lipinski definition) is 2. The van der Waals surface area contributed by atoms with Gasteiger partial charge in [0, 0.05) is 13.0 Å². The van der Waals surface area contributed by atoms with Crippen LogP contribution in [0.15, 0.2) is 48.7 Å². The highest BCUT2D eigenvalue weighted by Gasteiger charge is 2.47. The van der Waals surface area contributed by atoms with Crippen LogP contribution in [0.3, 0.4) is 0 Å². The van der Waals surface area contributed by atoms with Crippen LogP contribution in [0.25, 0.3) is 0 Å². The van der Waals surface area contributed by atoms with Crippen molar-refractivity contribution in [1.82, 2.24) is 15.1 Å². The van der Waals surface area contributed by atoms with E-state index in [0.29, 0.717) is 11.5 Å². The number of alkyl halides is 3. The number of anilines is 1. The number of carbonyl (C=O) groups is 1. The van der Waals surface area contributed by atoms with Gasteiger partial charge in [-0.15, -0.1) is 0 Å². The van der Waals surface area contributed by atoms with Crippen LogP contribution in [0, 0.1) is 0 Å². The normalized spacial score (nSPS) is 18.8. The predicted octanol–water partition coefficient (Wildman–Crippen LogP) is 4.76. The van der Waals surface area contributed by atoms with E-state index in [-0.39, 0.29) is 31.1 Å². The number of hydrogen-bond acceptors (Lipinski definition) is 5. The lowest BCUT2D eigenvalue weighted by Crippen LogP contribution is -2.36. The second-order valence-electron chi connectivity index (χ2n) is 8.31. The fraction of sp³-hybridized carbons (Fsp3) is 0.333. The SMILES string of the molecule is CCc1ccc([C@@H]2C[C@H](C(F)(F)F)n3ncc(C(=O)NCc4ccc5c(c4)OCO5)c3N2)cc1. The van der Waals surface area contributed by atoms with Crippen LogP contribution in [0.4, 0.5) is 19.0 Å². The van der Waals surface area contributed by atoms with E-state index in [1.165, 1.54) is 6.20 Å². The summed E-state index contributed by atoms with van der Waals surface area (Å²) >= 11 is 0. The Bertz CT molecular complexity index is 1210. The Labute approximate surface area is 193 Å². The first-order valence-electron chi connectivity index (χ1n) is 11.0. The first kappa shape index (κ1) is 22.1. The minimum atomic E-state index is -4.51. The van der Waals surface area contributed by atoms with E-state index in [0.717, 1.165) is 27.8 Å². The molecule has 0 radical (unpaired) electrons. The number of fused-ring (bicyclic) bond motifs is 2. The van der Waals surface area contributed by atoms with Gasteiger partial charge in [0.15, 0.2) is 17.5 Å². The third kappa shape index (κ3) is 4.15. The van der Waals surface area contributed by atoms with Crippen molar-refractivity contribution in [1.29, 1.82) is 0 Å². The summed E-state index contributed by atoms with van der Waals surface area (Å²) in [5.41, 5.74) is 2.66. The Kier molecular flexibility index (Phi) is 5.59. The number of benzene rings is 2. The topological polar surface area (TPSA) is 77.4 Å². The average molecular weight is 472 g/mol. The van der Waals surface area contributed by atoms with Gasteiger partial charge in [0.05, 0.1) is 12.2 Å². The Hall–Kier alpha value is -3.69. The van der Waals surface area contributed by atoms with Crippen molar-refractivity contribution in [3.63, 3.8) is 0 Å². The summed E-state index contributed by atoms with van der Waals surface area (Å²) in [6.45, 7) is 2.33. The number of nitrogens with one attached hydrogen (secondary N) is 2. The fourth-order valence-electron chi connectivity index (χ4n) is 4.26. The van der Waals surface area contributed by atoms with Gasteiger partial charge in [-0.05, 0) is 35.2 Å². The molecule has 0 saturated carbocycles. The highest BCUT2D eigenvalue weighted by molar-refractivity contribution is 5.98. The highest BCUT2D eigenvalue weighted by atomic mass is 19.4. The number of aryl methyl sites for hydroxylation is 1. The molecule has 34 heavy (non-hydrogen) atoms. The van der Waals surface area contributed by atoms with Gasteiger partial charge in [0.25, 0.3) is 5.91 Å². The van der Waals surface area contributed by atoms with Gasteiger partial charge >= 0.3 is 6.18 Å². The standard InChI is InChI=1S/C24H23F3N4O3/c1-2-14-3-6-16(7-4-14)18-10-21(24(25,26)27)31-22(30-18)17(12-29-31)23(32)28-11-15-5-8-19-20(9-15)34-13-33-19/h3-9,12,18,21,30H,2,10-11,13H2,1H3,(H,28,32)/t18-,21+/m0/s1. The minimum Gasteiger partial charge on any atom is -0.454 e. The second-order valence-corrected chi connectivity index (χ2v) is 8.31. The molecule has 7 nitrogen and oxygen atoms in total. The summed E-state index contributed by atoms with van der Waals surface area (Å²) in [6, 6.07) is 10.3. The van der Waals surface area contributed by atoms with Crippen LogP contribution in [0.5, 0.6) is 11.5 Å². The van der Waals surface area contributed by atoms with Crippen LogP contribution in [0.1, 0.15) is 52.5 Å². The molecule has 2 atom stereocenters. The second kappa shape index (κ2) is 8.58. The van der Waals surface area contributed by atoms with Gasteiger partial charge in [0.1, 0.15) is 11.4 Å². The van der Waals surface area contributed by atoms with Gasteiger partial charge in [-0.2, -0.15) is 18.3 Å². The molecule has 0 spiro atoms. The van der Waals surface area contributed by atoms with Crippen molar-refractivity contribution in [3.05, 3.63) is 70.9 Å². The lowest BCUT2D eigenvalue weighted by molar-refractivity contribution is -0.173. The number of amides is 1. The monoisotopic (exact) mass is 472 g/mol. The van der Waals surface area contributed by atoms with Gasteiger partial charge in [-0.25, -0.2) is 4.68 Å². The molecule has 3 heterocycles. The molecule has 2 aliphatic rings. The van der Waals surface area contributed by atoms with Gasteiger partial charge in [-0.3, -0.25) is 4.79 Å². The summed E-state index contributed by atoms with van der Waals surface area (Å²) in [4.78, 5) is 12.9. The number of nitrogens with zero attached hydrogens (tertiary/aromatic N) is 2. The number of aromatic nitrogens is 2. The maximum absolute atomic E-state index is 13.9. The smallest absolute Gasteiger partial charge is 0.410 e. The van der Waals surface area contributed by atoms with Crippen molar-refractivity contribution in [2.45, 2.75) is 44.6 Å². The zero-order valence-corrected chi connectivity index (χ0v) is 18.4. The molecule has 10 heteroatoms. The number of rotatable bonds is 5. The third-order valence-electron chi connectivity index (χ3n) is 6.16. The number of ether oxygens (including phenoxy) is 2. The average Bonchev–Trinajstić information content (AvgIpc) is 3.48. The molecule has 3 aromatic rings. The van der Waals surface area contributed by atoms with Crippen molar-refractivity contribution >= 4 is 11.7 Å². The predicted molar refractivity (Wildman–Crippen MR) is 118 cm³/mol. The van der Waals surface area contributed by atoms with Crippen LogP contribution in [0.2, 0.25) is 0 Å². The molecule has 1 aromatic heterocycles. The van der Waals surface area contributed by atoms with Crippen molar-refractivity contribution in [2.24, 2.45) is 0 Å². The Balaban J connectivity index is 1.38. The molecule has 1 amide bonds. The summed E-state index contributed by atoms with van der Waals surface area (Å²) in [6.07, 6.45) is -2.71. The lowest BCUT2D eigenvalue weighted by Gasteiger charge is -2.34. The Morgan fingerprint density at radius 3 is 2.62 bits per heavy atom. The van der Waals surface area contributed by atoms with E-state index in [2.05, 4.69) is 15.7 Å². The molecule has 2 aliphatic heterocycles. The van der Waals surface area contributed by atoms with Crippen LogP contribution >= 0.6 is 0 Å². The highest BCUT2D eigenvalue weighted by Crippen LogP contribution is 2.44. The van der Waals surface area contributed by atoms with E-state index in [9.17, 15) is 18.0 Å². The van der Waals surface area contributed by atoms with Crippen LogP contribution in [-0.2, 0) is 13.0 Å². The lowest BCUT2D eigenvalue weighted by atomic mass is 9.95. The van der Waals surface area contributed by atoms with Crippen molar-refractivity contribution in [3.8, 4) is 11.5 Å². The molecule has 2 N–H and O–H groups in total. The van der Waals surface area contributed by atoms with Crippen molar-refractivity contribution in [2.75, 3.05) is 12.1 Å². The first-order valence-corrected chi connectivity index (χ1v) is 11.0. The summed E-state index contributed by atoms with van der Waals surface area (Å²) in [5, 5.41) is 9.79. The van der Waals surface area contributed by atoms with Crippen LogP contribution in [-0.4, -0.2) is 28.7 Å². The summed E-state index contributed by atoms with van der Waals surface area (Å²) in [7, 11) is 0. The third-order valence-corrected chi connectivity index (χ3v) is 6.16. The number of carbonyl (C=O) groups excluding carboxylic acids is 1. The molecule has 2 aromatic carbocycles. The molecule has 0 fully saturated rings. The van der Waals surface area contributed by atoms with Gasteiger partial charge < -0.3 is 20.1 Å².